The van der Waals surface area contributed by atoms with Gasteiger partial charge in [-0.3, -0.25) is 4.79 Å². The molecule has 2 heterocycles. The van der Waals surface area contributed by atoms with Crippen molar-refractivity contribution < 1.29 is 22.7 Å². The molecule has 2 aromatic rings. The van der Waals surface area contributed by atoms with E-state index in [1.54, 1.807) is 31.2 Å². The van der Waals surface area contributed by atoms with Crippen LogP contribution < -0.4 is 5.32 Å². The Kier molecular flexibility index (Phi) is 6.39. The average Bonchev–Trinajstić information content (AvgIpc) is 3.32. The summed E-state index contributed by atoms with van der Waals surface area (Å²) >= 11 is 6.83. The third-order valence-electron chi connectivity index (χ3n) is 4.28. The minimum absolute atomic E-state index is 0.121. The van der Waals surface area contributed by atoms with Gasteiger partial charge in [-0.05, 0) is 56.2 Å². The normalized spacial score (nSPS) is 17.4. The number of hydrogen-bond acceptors (Lipinski definition) is 6. The van der Waals surface area contributed by atoms with Crippen molar-refractivity contribution in [3.05, 3.63) is 46.3 Å². The van der Waals surface area contributed by atoms with Crippen LogP contribution in [0.2, 0.25) is 4.34 Å². The van der Waals surface area contributed by atoms with E-state index < -0.39 is 27.9 Å². The van der Waals surface area contributed by atoms with Crippen LogP contribution in [-0.2, 0) is 19.6 Å². The van der Waals surface area contributed by atoms with Crippen molar-refractivity contribution >= 4 is 50.5 Å². The molecule has 0 unspecified atom stereocenters. The molecule has 28 heavy (non-hydrogen) atoms. The number of carbonyl (C=O) groups is 2. The molecule has 1 N–H and O–H groups in total. The zero-order valence-electron chi connectivity index (χ0n) is 15.1. The maximum absolute atomic E-state index is 12.8. The van der Waals surface area contributed by atoms with Gasteiger partial charge in [-0.25, -0.2) is 13.2 Å². The summed E-state index contributed by atoms with van der Waals surface area (Å²) in [7, 11) is -3.78. The van der Waals surface area contributed by atoms with Gasteiger partial charge in [0.2, 0.25) is 5.91 Å². The standard InChI is InChI=1S/C18H19ClN2O5S2/c1-2-26-18(23)12-5-7-13(8-6-12)20-17(22)14-4-3-11-21(14)28(24,25)16-10-9-15(19)27-16/h5-10,14H,2-4,11H2,1H3,(H,20,22)/t14-/m0/s1. The lowest BCUT2D eigenvalue weighted by atomic mass is 10.2. The molecule has 1 saturated heterocycles. The zero-order valence-corrected chi connectivity index (χ0v) is 17.4. The molecule has 3 rings (SSSR count). The van der Waals surface area contributed by atoms with Crippen molar-refractivity contribution in [3.63, 3.8) is 0 Å². The van der Waals surface area contributed by atoms with Gasteiger partial charge in [0.1, 0.15) is 10.3 Å². The van der Waals surface area contributed by atoms with Crippen LogP contribution in [0.4, 0.5) is 5.69 Å². The summed E-state index contributed by atoms with van der Waals surface area (Å²) in [5.41, 5.74) is 0.848. The second kappa shape index (κ2) is 8.60. The molecule has 0 bridgehead atoms. The van der Waals surface area contributed by atoms with Crippen molar-refractivity contribution in [2.75, 3.05) is 18.5 Å². The van der Waals surface area contributed by atoms with Gasteiger partial charge in [0.15, 0.2) is 0 Å². The number of halogens is 1. The maximum Gasteiger partial charge on any atom is 0.338 e. The van der Waals surface area contributed by atoms with E-state index >= 15 is 0 Å². The molecule has 0 spiro atoms. The summed E-state index contributed by atoms with van der Waals surface area (Å²) in [5.74, 6) is -0.851. The topological polar surface area (TPSA) is 92.8 Å². The van der Waals surface area contributed by atoms with E-state index in [-0.39, 0.29) is 17.4 Å². The number of thiophene rings is 1. The third kappa shape index (κ3) is 4.38. The van der Waals surface area contributed by atoms with Gasteiger partial charge in [-0.1, -0.05) is 11.6 Å². The van der Waals surface area contributed by atoms with E-state index in [2.05, 4.69) is 5.32 Å². The number of nitrogens with zero attached hydrogens (tertiary/aromatic N) is 1. The molecular weight excluding hydrogens is 424 g/mol. The molecule has 0 saturated carbocycles. The monoisotopic (exact) mass is 442 g/mol. The van der Waals surface area contributed by atoms with Crippen LogP contribution in [0.5, 0.6) is 0 Å². The number of benzene rings is 1. The summed E-state index contributed by atoms with van der Waals surface area (Å²) in [4.78, 5) is 24.4. The SMILES string of the molecule is CCOC(=O)c1ccc(NC(=O)[C@@H]2CCCN2S(=O)(=O)c2ccc(Cl)s2)cc1. The lowest BCUT2D eigenvalue weighted by molar-refractivity contribution is -0.119. The second-order valence-electron chi connectivity index (χ2n) is 6.12. The van der Waals surface area contributed by atoms with Crippen molar-refractivity contribution in [1.29, 1.82) is 0 Å². The van der Waals surface area contributed by atoms with Crippen LogP contribution in [0.3, 0.4) is 0 Å². The molecule has 7 nitrogen and oxygen atoms in total. The largest absolute Gasteiger partial charge is 0.462 e. The number of rotatable bonds is 6. The Bertz CT molecular complexity index is 972. The molecular formula is C18H19ClN2O5S2. The first-order valence-corrected chi connectivity index (χ1v) is 11.3. The Morgan fingerprint density at radius 2 is 1.96 bits per heavy atom. The predicted octanol–water partition coefficient (Wildman–Crippen LogP) is 3.37. The highest BCUT2D eigenvalue weighted by molar-refractivity contribution is 7.91. The molecule has 1 aromatic heterocycles. The van der Waals surface area contributed by atoms with Crippen molar-refractivity contribution in [2.45, 2.75) is 30.0 Å². The zero-order chi connectivity index (χ0) is 20.3. The lowest BCUT2D eigenvalue weighted by Gasteiger charge is -2.22. The van der Waals surface area contributed by atoms with E-state index in [1.165, 1.54) is 16.4 Å². The number of carbonyl (C=O) groups excluding carboxylic acids is 2. The highest BCUT2D eigenvalue weighted by Crippen LogP contribution is 2.32. The molecule has 1 aliphatic rings. The van der Waals surface area contributed by atoms with Crippen molar-refractivity contribution in [2.24, 2.45) is 0 Å². The first-order valence-electron chi connectivity index (χ1n) is 8.68. The molecule has 1 amide bonds. The highest BCUT2D eigenvalue weighted by Gasteiger charge is 2.40. The fourth-order valence-electron chi connectivity index (χ4n) is 2.97. The maximum atomic E-state index is 12.8. The number of ether oxygens (including phenoxy) is 1. The van der Waals surface area contributed by atoms with Crippen molar-refractivity contribution in [3.8, 4) is 0 Å². The minimum Gasteiger partial charge on any atom is -0.462 e. The highest BCUT2D eigenvalue weighted by atomic mass is 35.5. The Balaban J connectivity index is 1.72. The summed E-state index contributed by atoms with van der Waals surface area (Å²) < 4.78 is 32.3. The molecule has 10 heteroatoms. The predicted molar refractivity (Wildman–Crippen MR) is 107 cm³/mol. The molecule has 150 valence electrons. The van der Waals surface area contributed by atoms with E-state index in [9.17, 15) is 18.0 Å². The molecule has 1 fully saturated rings. The molecule has 0 aliphatic carbocycles. The lowest BCUT2D eigenvalue weighted by Crippen LogP contribution is -2.42. The van der Waals surface area contributed by atoms with E-state index in [0.29, 0.717) is 28.4 Å². The fourth-order valence-corrected chi connectivity index (χ4v) is 6.24. The van der Waals surface area contributed by atoms with Gasteiger partial charge in [0.25, 0.3) is 10.0 Å². The summed E-state index contributed by atoms with van der Waals surface area (Å²) in [6, 6.07) is 8.43. The Morgan fingerprint density at radius 1 is 1.25 bits per heavy atom. The summed E-state index contributed by atoms with van der Waals surface area (Å²) in [6.45, 7) is 2.27. The van der Waals surface area contributed by atoms with Gasteiger partial charge < -0.3 is 10.1 Å². The number of hydrogen-bond donors (Lipinski definition) is 1. The number of sulfonamides is 1. The number of anilines is 1. The Labute approximate surface area is 172 Å². The molecule has 1 aliphatic heterocycles. The van der Waals surface area contributed by atoms with Crippen LogP contribution in [0.1, 0.15) is 30.1 Å². The van der Waals surface area contributed by atoms with Gasteiger partial charge in [-0.2, -0.15) is 4.31 Å². The van der Waals surface area contributed by atoms with Gasteiger partial charge in [-0.15, -0.1) is 11.3 Å². The van der Waals surface area contributed by atoms with Crippen LogP contribution in [0.15, 0.2) is 40.6 Å². The van der Waals surface area contributed by atoms with Crippen LogP contribution >= 0.6 is 22.9 Å². The van der Waals surface area contributed by atoms with Gasteiger partial charge >= 0.3 is 5.97 Å². The number of amides is 1. The first-order chi connectivity index (χ1) is 13.3. The Morgan fingerprint density at radius 3 is 2.57 bits per heavy atom. The Hall–Kier alpha value is -1.94. The average molecular weight is 443 g/mol. The smallest absolute Gasteiger partial charge is 0.338 e. The number of nitrogens with one attached hydrogen (secondary N) is 1. The van der Waals surface area contributed by atoms with Gasteiger partial charge in [0.05, 0.1) is 16.5 Å². The van der Waals surface area contributed by atoms with Gasteiger partial charge in [0, 0.05) is 12.2 Å². The van der Waals surface area contributed by atoms with Crippen LogP contribution in [-0.4, -0.2) is 43.8 Å². The van der Waals surface area contributed by atoms with E-state index in [1.807, 2.05) is 0 Å². The first kappa shape index (κ1) is 20.8. The number of esters is 1. The molecule has 1 atom stereocenters. The minimum atomic E-state index is -3.78. The third-order valence-corrected chi connectivity index (χ3v) is 7.89. The quantitative estimate of drug-likeness (QED) is 0.692. The van der Waals surface area contributed by atoms with Crippen LogP contribution in [0, 0.1) is 0 Å². The van der Waals surface area contributed by atoms with Crippen LogP contribution in [0.25, 0.3) is 0 Å². The summed E-state index contributed by atoms with van der Waals surface area (Å²) in [5, 5.41) is 2.72. The van der Waals surface area contributed by atoms with Crippen molar-refractivity contribution in [1.82, 2.24) is 4.31 Å². The summed E-state index contributed by atoms with van der Waals surface area (Å²) in [6.07, 6.45) is 1.03. The fraction of sp³-hybridized carbons (Fsp3) is 0.333. The molecule has 1 aromatic carbocycles. The van der Waals surface area contributed by atoms with E-state index in [0.717, 1.165) is 11.3 Å². The second-order valence-corrected chi connectivity index (χ2v) is 9.95. The molecule has 0 radical (unpaired) electrons. The van der Waals surface area contributed by atoms with E-state index in [4.69, 9.17) is 16.3 Å².